The van der Waals surface area contributed by atoms with Crippen LogP contribution in [0.4, 0.5) is 4.79 Å². The molecule has 0 bridgehead atoms. The van der Waals surface area contributed by atoms with Gasteiger partial charge in [0.05, 0.1) is 7.05 Å². The Morgan fingerprint density at radius 2 is 1.60 bits per heavy atom. The van der Waals surface area contributed by atoms with E-state index in [9.17, 15) is 9.59 Å². The summed E-state index contributed by atoms with van der Waals surface area (Å²) in [5.74, 6) is 6.43. The number of ketones is 1. The molecule has 25 heavy (non-hydrogen) atoms. The monoisotopic (exact) mass is 348 g/mol. The average molecular weight is 349 g/mol. The van der Waals surface area contributed by atoms with E-state index in [0.717, 1.165) is 18.4 Å². The van der Waals surface area contributed by atoms with Gasteiger partial charge < -0.3 is 0 Å². The number of hydrogen-bond donors (Lipinski definition) is 1. The van der Waals surface area contributed by atoms with Crippen molar-refractivity contribution in [1.82, 2.24) is 4.90 Å². The highest BCUT2D eigenvalue weighted by Gasteiger charge is 2.46. The lowest BCUT2D eigenvalue weighted by molar-refractivity contribution is -0.865. The second kappa shape index (κ2) is 9.68. The second-order valence-electron chi connectivity index (χ2n) is 7.23. The van der Waals surface area contributed by atoms with E-state index in [2.05, 4.69) is 0 Å². The van der Waals surface area contributed by atoms with Gasteiger partial charge in [0.25, 0.3) is 0 Å². The van der Waals surface area contributed by atoms with Gasteiger partial charge in [0, 0.05) is 25.4 Å². The first-order valence-corrected chi connectivity index (χ1v) is 9.26. The van der Waals surface area contributed by atoms with Gasteiger partial charge in [-0.05, 0) is 18.4 Å². The van der Waals surface area contributed by atoms with Gasteiger partial charge in [0.15, 0.2) is 11.8 Å². The molecule has 0 heterocycles. The molecular formula is C20H34N3O2+. The molecule has 5 heteroatoms. The van der Waals surface area contributed by atoms with Gasteiger partial charge in [-0.3, -0.25) is 9.69 Å². The Bertz CT molecular complexity index is 549. The van der Waals surface area contributed by atoms with Crippen molar-refractivity contribution in [3.63, 3.8) is 0 Å². The predicted octanol–water partition coefficient (Wildman–Crippen LogP) is 3.39. The molecular weight excluding hydrogens is 314 g/mol. The standard InChI is InChI=1S/C20H34N3O2/c1-6-13-22(14-7-2)20(25)23(5,21)19(16(3)4)18(24)15-17-11-9-8-10-12-17/h8-12,16,19H,6-7,13-15,21H2,1-5H3/q+1. The molecule has 2 unspecified atom stereocenters. The van der Waals surface area contributed by atoms with Crippen LogP contribution in [0.15, 0.2) is 30.3 Å². The minimum absolute atomic E-state index is 0.00694. The summed E-state index contributed by atoms with van der Waals surface area (Å²) in [6.45, 7) is 9.31. The van der Waals surface area contributed by atoms with Gasteiger partial charge in [-0.1, -0.05) is 58.0 Å². The molecule has 0 fully saturated rings. The van der Waals surface area contributed by atoms with Gasteiger partial charge in [0.2, 0.25) is 0 Å². The van der Waals surface area contributed by atoms with E-state index >= 15 is 0 Å². The fraction of sp³-hybridized carbons (Fsp3) is 0.600. The predicted molar refractivity (Wildman–Crippen MR) is 102 cm³/mol. The van der Waals surface area contributed by atoms with Crippen LogP contribution in [0, 0.1) is 5.92 Å². The molecule has 0 radical (unpaired) electrons. The fourth-order valence-corrected chi connectivity index (χ4v) is 3.46. The zero-order valence-electron chi connectivity index (χ0n) is 16.4. The molecule has 1 aromatic rings. The highest BCUT2D eigenvalue weighted by Crippen LogP contribution is 2.20. The molecule has 0 aliphatic carbocycles. The summed E-state index contributed by atoms with van der Waals surface area (Å²) in [5, 5.41) is 0. The first-order chi connectivity index (χ1) is 11.8. The Labute approximate surface area is 152 Å². The molecule has 2 amide bonds. The average Bonchev–Trinajstić information content (AvgIpc) is 2.54. The minimum Gasteiger partial charge on any atom is -0.293 e. The number of benzene rings is 1. The van der Waals surface area contributed by atoms with Crippen molar-refractivity contribution in [1.29, 1.82) is 0 Å². The number of amides is 2. The number of nitrogens with zero attached hydrogens (tertiary/aromatic N) is 2. The van der Waals surface area contributed by atoms with Gasteiger partial charge >= 0.3 is 6.03 Å². The first kappa shape index (κ1) is 21.3. The van der Waals surface area contributed by atoms with E-state index in [1.165, 1.54) is 0 Å². The van der Waals surface area contributed by atoms with E-state index in [-0.39, 0.29) is 17.7 Å². The van der Waals surface area contributed by atoms with E-state index in [4.69, 9.17) is 5.84 Å². The van der Waals surface area contributed by atoms with Crippen LogP contribution < -0.4 is 5.84 Å². The van der Waals surface area contributed by atoms with Crippen molar-refractivity contribution >= 4 is 11.8 Å². The quantitative estimate of drug-likeness (QED) is 0.322. The zero-order chi connectivity index (χ0) is 19.0. The van der Waals surface area contributed by atoms with Crippen molar-refractivity contribution in [3.05, 3.63) is 35.9 Å². The van der Waals surface area contributed by atoms with E-state index in [1.807, 2.05) is 58.0 Å². The van der Waals surface area contributed by atoms with Crippen LogP contribution in [0.3, 0.4) is 0 Å². The van der Waals surface area contributed by atoms with E-state index in [0.29, 0.717) is 19.5 Å². The number of quaternary nitrogens is 1. The smallest absolute Gasteiger partial charge is 0.293 e. The largest absolute Gasteiger partial charge is 0.438 e. The van der Waals surface area contributed by atoms with Crippen molar-refractivity contribution in [2.24, 2.45) is 11.8 Å². The topological polar surface area (TPSA) is 63.4 Å². The van der Waals surface area contributed by atoms with Crippen LogP contribution >= 0.6 is 0 Å². The van der Waals surface area contributed by atoms with Crippen molar-refractivity contribution in [2.75, 3.05) is 20.1 Å². The summed E-state index contributed by atoms with van der Waals surface area (Å²) >= 11 is 0. The lowest BCUT2D eigenvalue weighted by Crippen LogP contribution is -2.69. The summed E-state index contributed by atoms with van der Waals surface area (Å²) in [5.41, 5.74) is 0.949. The van der Waals surface area contributed by atoms with Crippen LogP contribution in [0.1, 0.15) is 46.1 Å². The molecule has 0 saturated carbocycles. The lowest BCUT2D eigenvalue weighted by Gasteiger charge is -2.38. The Morgan fingerprint density at radius 3 is 2.04 bits per heavy atom. The Balaban J connectivity index is 3.04. The number of Topliss-reactive ketones (excluding diaryl/α,β-unsaturated/α-hetero) is 1. The summed E-state index contributed by atoms with van der Waals surface area (Å²) < 4.78 is -0.413. The second-order valence-corrected chi connectivity index (χ2v) is 7.23. The van der Waals surface area contributed by atoms with Gasteiger partial charge in [-0.25, -0.2) is 4.79 Å². The Kier molecular flexibility index (Phi) is 8.26. The summed E-state index contributed by atoms with van der Waals surface area (Å²) in [7, 11) is 1.66. The number of nitrogens with two attached hydrogens (primary N) is 1. The summed E-state index contributed by atoms with van der Waals surface area (Å²) in [6.07, 6.45) is 2.04. The minimum atomic E-state index is -0.566. The Morgan fingerprint density at radius 1 is 1.08 bits per heavy atom. The van der Waals surface area contributed by atoms with Gasteiger partial charge in [-0.2, -0.15) is 10.4 Å². The Hall–Kier alpha value is -1.72. The molecule has 2 atom stereocenters. The van der Waals surface area contributed by atoms with Crippen LogP contribution in [0.5, 0.6) is 0 Å². The summed E-state index contributed by atoms with van der Waals surface area (Å²) in [6, 6.07) is 8.87. The number of likely N-dealkylation sites (N-methyl/N-ethyl adjacent to an activating group) is 1. The normalized spacial score (nSPS) is 14.8. The van der Waals surface area contributed by atoms with Crippen molar-refractivity contribution < 1.29 is 14.2 Å². The van der Waals surface area contributed by atoms with Crippen LogP contribution in [0.25, 0.3) is 0 Å². The highest BCUT2D eigenvalue weighted by molar-refractivity contribution is 5.87. The molecule has 2 N–H and O–H groups in total. The lowest BCUT2D eigenvalue weighted by atomic mass is 9.93. The van der Waals surface area contributed by atoms with Gasteiger partial charge in [-0.15, -0.1) is 0 Å². The SMILES string of the molecule is CCCN(CCC)C(=O)[N+](C)(N)C(C(=O)Cc1ccccc1)C(C)C. The van der Waals surface area contributed by atoms with Crippen molar-refractivity contribution in [2.45, 2.75) is 53.0 Å². The maximum atomic E-state index is 13.1. The third-order valence-electron chi connectivity index (χ3n) is 4.43. The van der Waals surface area contributed by atoms with Crippen molar-refractivity contribution in [3.8, 4) is 0 Å². The number of carbonyl (C=O) groups excluding carboxylic acids is 2. The molecule has 0 spiro atoms. The number of urea groups is 1. The maximum Gasteiger partial charge on any atom is 0.438 e. The number of hydrogen-bond acceptors (Lipinski definition) is 3. The third kappa shape index (κ3) is 5.65. The molecule has 0 saturated heterocycles. The van der Waals surface area contributed by atoms with Crippen LogP contribution in [-0.4, -0.2) is 47.5 Å². The van der Waals surface area contributed by atoms with Crippen LogP contribution in [0.2, 0.25) is 0 Å². The molecule has 0 aromatic heterocycles. The highest BCUT2D eigenvalue weighted by atomic mass is 16.2. The molecule has 0 aliphatic rings. The molecule has 0 aliphatic heterocycles. The third-order valence-corrected chi connectivity index (χ3v) is 4.43. The van der Waals surface area contributed by atoms with E-state index in [1.54, 1.807) is 11.9 Å². The molecule has 140 valence electrons. The fourth-order valence-electron chi connectivity index (χ4n) is 3.46. The summed E-state index contributed by atoms with van der Waals surface area (Å²) in [4.78, 5) is 27.8. The molecule has 1 rings (SSSR count). The zero-order valence-corrected chi connectivity index (χ0v) is 16.4. The maximum absolute atomic E-state index is 13.1. The number of carbonyl (C=O) groups is 2. The molecule has 5 nitrogen and oxygen atoms in total. The molecule has 1 aromatic carbocycles. The van der Waals surface area contributed by atoms with Crippen LogP contribution in [-0.2, 0) is 11.2 Å². The van der Waals surface area contributed by atoms with Gasteiger partial charge in [0.1, 0.15) is 0 Å². The first-order valence-electron chi connectivity index (χ1n) is 9.26. The number of rotatable bonds is 9. The van der Waals surface area contributed by atoms with E-state index < -0.39 is 10.6 Å².